The number of carbonyl (C=O) groups is 2. The molecular formula is C19H23F3N4O5. The third-order valence-corrected chi connectivity index (χ3v) is 3.41. The molecule has 0 fully saturated rings. The van der Waals surface area contributed by atoms with Gasteiger partial charge < -0.3 is 26.0 Å². The second-order valence-corrected chi connectivity index (χ2v) is 6.84. The molecule has 0 unspecified atom stereocenters. The molecule has 0 spiro atoms. The quantitative estimate of drug-likeness (QED) is 0.504. The zero-order chi connectivity index (χ0) is 23.7. The maximum Gasteiger partial charge on any atom is 0.490 e. The Bertz CT molecular complexity index is 885. The lowest BCUT2D eigenvalue weighted by molar-refractivity contribution is -0.192. The van der Waals surface area contributed by atoms with Crippen molar-refractivity contribution in [2.45, 2.75) is 38.8 Å². The molecule has 0 radical (unpaired) electrons. The fraction of sp³-hybridized carbons (Fsp3) is 0.368. The molecule has 31 heavy (non-hydrogen) atoms. The Morgan fingerprint density at radius 3 is 2.39 bits per heavy atom. The Morgan fingerprint density at radius 2 is 1.84 bits per heavy atom. The van der Waals surface area contributed by atoms with Crippen molar-refractivity contribution in [2.24, 2.45) is 5.73 Å². The first-order valence-corrected chi connectivity index (χ1v) is 8.85. The number of ether oxygens (including phenoxy) is 1. The molecule has 2 rings (SSSR count). The Kier molecular flexibility index (Phi) is 9.34. The predicted octanol–water partition coefficient (Wildman–Crippen LogP) is 1.65. The van der Waals surface area contributed by atoms with E-state index < -0.39 is 17.7 Å². The minimum absolute atomic E-state index is 0.176. The van der Waals surface area contributed by atoms with Crippen LogP contribution in [0.5, 0.6) is 5.88 Å². The lowest BCUT2D eigenvalue weighted by Crippen LogP contribution is -2.38. The summed E-state index contributed by atoms with van der Waals surface area (Å²) in [6, 6.07) is 8.77. The van der Waals surface area contributed by atoms with Gasteiger partial charge >= 0.3 is 12.1 Å². The van der Waals surface area contributed by atoms with E-state index in [4.69, 9.17) is 20.4 Å². The highest BCUT2D eigenvalue weighted by Gasteiger charge is 2.38. The summed E-state index contributed by atoms with van der Waals surface area (Å²) in [6.07, 6.45) is -3.68. The number of benzene rings is 1. The van der Waals surface area contributed by atoms with Gasteiger partial charge in [0, 0.05) is 24.7 Å². The van der Waals surface area contributed by atoms with Gasteiger partial charge in [-0.3, -0.25) is 4.79 Å². The van der Waals surface area contributed by atoms with Crippen LogP contribution < -0.4 is 15.8 Å². The minimum Gasteiger partial charge on any atom is -0.475 e. The van der Waals surface area contributed by atoms with Crippen molar-refractivity contribution >= 4 is 11.9 Å². The Morgan fingerprint density at radius 1 is 1.19 bits per heavy atom. The second kappa shape index (κ2) is 11.2. The zero-order valence-electron chi connectivity index (χ0n) is 16.8. The molecule has 0 aliphatic heterocycles. The van der Waals surface area contributed by atoms with Crippen LogP contribution in [0, 0.1) is 0 Å². The lowest BCUT2D eigenvalue weighted by atomic mass is 10.1. The standard InChI is InChI=1S/C17H22N4O3.C2HF3O2/c1-17(2,23)10-19-16(22)13-5-3-4-12(6-13)9-24-15-7-14(8-18)20-11-21-15;3-2(4,5)1(6)7/h3-7,11,23H,8-10,18H2,1-2H3,(H,19,22);(H,6,7). The van der Waals surface area contributed by atoms with Gasteiger partial charge in [-0.2, -0.15) is 13.2 Å². The van der Waals surface area contributed by atoms with Crippen LogP contribution in [0.3, 0.4) is 0 Å². The number of aliphatic carboxylic acids is 1. The number of nitrogens with two attached hydrogens (primary N) is 1. The topological polar surface area (TPSA) is 148 Å². The van der Waals surface area contributed by atoms with Crippen LogP contribution in [0.15, 0.2) is 36.7 Å². The van der Waals surface area contributed by atoms with E-state index in [9.17, 15) is 23.1 Å². The number of hydrogen-bond acceptors (Lipinski definition) is 7. The van der Waals surface area contributed by atoms with E-state index >= 15 is 0 Å². The molecule has 1 heterocycles. The largest absolute Gasteiger partial charge is 0.490 e. The predicted molar refractivity (Wildman–Crippen MR) is 103 cm³/mol. The molecular weight excluding hydrogens is 421 g/mol. The number of amides is 1. The highest BCUT2D eigenvalue weighted by Crippen LogP contribution is 2.13. The SMILES string of the molecule is CC(C)(O)CNC(=O)c1cccc(COc2cc(CN)ncn2)c1.O=C(O)C(F)(F)F. The number of carboxylic acids is 1. The van der Waals surface area contributed by atoms with Crippen LogP contribution in [0.1, 0.15) is 35.5 Å². The molecule has 0 aliphatic carbocycles. The zero-order valence-corrected chi connectivity index (χ0v) is 16.8. The van der Waals surface area contributed by atoms with E-state index in [0.717, 1.165) is 5.56 Å². The lowest BCUT2D eigenvalue weighted by Gasteiger charge is -2.17. The molecule has 0 aliphatic rings. The monoisotopic (exact) mass is 444 g/mol. The molecule has 0 atom stereocenters. The molecule has 1 aromatic heterocycles. The van der Waals surface area contributed by atoms with E-state index in [1.807, 2.05) is 6.07 Å². The summed E-state index contributed by atoms with van der Waals surface area (Å²) >= 11 is 0. The van der Waals surface area contributed by atoms with Gasteiger partial charge in [0.15, 0.2) is 0 Å². The minimum atomic E-state index is -5.08. The molecule has 1 amide bonds. The number of halogens is 3. The van der Waals surface area contributed by atoms with Gasteiger partial charge in [0.2, 0.25) is 5.88 Å². The van der Waals surface area contributed by atoms with E-state index in [2.05, 4.69) is 15.3 Å². The van der Waals surface area contributed by atoms with Crippen molar-refractivity contribution in [1.29, 1.82) is 0 Å². The van der Waals surface area contributed by atoms with Crippen LogP contribution in [0.2, 0.25) is 0 Å². The smallest absolute Gasteiger partial charge is 0.475 e. The number of carboxylic acid groups (broad SMARTS) is 1. The summed E-state index contributed by atoms with van der Waals surface area (Å²) in [4.78, 5) is 29.0. The molecule has 0 bridgehead atoms. The summed E-state index contributed by atoms with van der Waals surface area (Å²) in [6.45, 7) is 4.03. The molecule has 170 valence electrons. The number of carbonyl (C=O) groups excluding carboxylic acids is 1. The number of nitrogens with one attached hydrogen (secondary N) is 1. The van der Waals surface area contributed by atoms with Crippen molar-refractivity contribution in [2.75, 3.05) is 6.54 Å². The number of aromatic nitrogens is 2. The van der Waals surface area contributed by atoms with E-state index in [1.165, 1.54) is 6.33 Å². The average molecular weight is 444 g/mol. The van der Waals surface area contributed by atoms with Gasteiger partial charge in [0.05, 0.1) is 11.3 Å². The normalized spacial score (nSPS) is 11.2. The molecule has 0 saturated carbocycles. The average Bonchev–Trinajstić information content (AvgIpc) is 2.70. The highest BCUT2D eigenvalue weighted by molar-refractivity contribution is 5.94. The Labute approximate surface area is 176 Å². The molecule has 12 heteroatoms. The Balaban J connectivity index is 0.000000592. The number of alkyl halides is 3. The first-order valence-electron chi connectivity index (χ1n) is 8.85. The van der Waals surface area contributed by atoms with E-state index in [0.29, 0.717) is 23.7 Å². The molecule has 1 aromatic carbocycles. The fourth-order valence-corrected chi connectivity index (χ4v) is 1.93. The maximum absolute atomic E-state index is 12.1. The summed E-state index contributed by atoms with van der Waals surface area (Å²) in [5, 5.41) is 19.5. The van der Waals surface area contributed by atoms with Crippen LogP contribution in [0.25, 0.3) is 0 Å². The maximum atomic E-state index is 12.1. The summed E-state index contributed by atoms with van der Waals surface area (Å²) < 4.78 is 37.3. The third kappa shape index (κ3) is 10.4. The first kappa shape index (κ1) is 25.8. The van der Waals surface area contributed by atoms with Gasteiger partial charge in [0.1, 0.15) is 12.9 Å². The van der Waals surface area contributed by atoms with Crippen molar-refractivity contribution in [3.05, 3.63) is 53.5 Å². The third-order valence-electron chi connectivity index (χ3n) is 3.41. The van der Waals surface area contributed by atoms with Gasteiger partial charge in [-0.05, 0) is 31.5 Å². The molecule has 0 saturated heterocycles. The van der Waals surface area contributed by atoms with Gasteiger partial charge in [-0.25, -0.2) is 14.8 Å². The van der Waals surface area contributed by atoms with Crippen molar-refractivity contribution in [3.63, 3.8) is 0 Å². The van der Waals surface area contributed by atoms with Crippen molar-refractivity contribution in [3.8, 4) is 5.88 Å². The summed E-state index contributed by atoms with van der Waals surface area (Å²) in [5.41, 5.74) is 6.61. The van der Waals surface area contributed by atoms with Crippen molar-refractivity contribution in [1.82, 2.24) is 15.3 Å². The number of hydrogen-bond donors (Lipinski definition) is 4. The van der Waals surface area contributed by atoms with Crippen LogP contribution in [-0.2, 0) is 17.9 Å². The van der Waals surface area contributed by atoms with Crippen molar-refractivity contribution < 1.29 is 37.7 Å². The van der Waals surface area contributed by atoms with Crippen LogP contribution in [0.4, 0.5) is 13.2 Å². The molecule has 9 nitrogen and oxygen atoms in total. The van der Waals surface area contributed by atoms with Gasteiger partial charge in [-0.1, -0.05) is 12.1 Å². The number of aliphatic hydroxyl groups is 1. The van der Waals surface area contributed by atoms with Crippen LogP contribution in [-0.4, -0.2) is 50.4 Å². The van der Waals surface area contributed by atoms with E-state index in [1.54, 1.807) is 38.1 Å². The first-order chi connectivity index (χ1) is 14.3. The summed E-state index contributed by atoms with van der Waals surface area (Å²) in [5.74, 6) is -2.57. The molecule has 2 aromatic rings. The highest BCUT2D eigenvalue weighted by atomic mass is 19.4. The number of rotatable bonds is 7. The molecule has 5 N–H and O–H groups in total. The number of nitrogens with zero attached hydrogens (tertiary/aromatic N) is 2. The Hall–Kier alpha value is -3.25. The summed E-state index contributed by atoms with van der Waals surface area (Å²) in [7, 11) is 0. The van der Waals surface area contributed by atoms with E-state index in [-0.39, 0.29) is 19.1 Å². The fourth-order valence-electron chi connectivity index (χ4n) is 1.93. The second-order valence-electron chi connectivity index (χ2n) is 6.84. The van der Waals surface area contributed by atoms with Gasteiger partial charge in [0.25, 0.3) is 5.91 Å². The van der Waals surface area contributed by atoms with Crippen LogP contribution >= 0.6 is 0 Å². The van der Waals surface area contributed by atoms with Gasteiger partial charge in [-0.15, -0.1) is 0 Å².